The molecule has 0 atom stereocenters. The second-order valence-corrected chi connectivity index (χ2v) is 7.67. The lowest BCUT2D eigenvalue weighted by Crippen LogP contribution is -2.38. The second kappa shape index (κ2) is 6.64. The highest BCUT2D eigenvalue weighted by atomic mass is 32.2. The summed E-state index contributed by atoms with van der Waals surface area (Å²) in [4.78, 5) is 13.9. The molecule has 3 nitrogen and oxygen atoms in total. The maximum atomic E-state index is 12.0. The smallest absolute Gasteiger partial charge is 0.232 e. The van der Waals surface area contributed by atoms with E-state index in [1.54, 1.807) is 11.8 Å². The molecule has 0 aromatic carbocycles. The van der Waals surface area contributed by atoms with Crippen molar-refractivity contribution >= 4 is 17.7 Å². The number of carbonyl (C=O) groups excluding carboxylic acids is 1. The Morgan fingerprint density at radius 1 is 1.35 bits per heavy atom. The third-order valence-corrected chi connectivity index (χ3v) is 4.30. The van der Waals surface area contributed by atoms with E-state index in [4.69, 9.17) is 0 Å². The molecule has 17 heavy (non-hydrogen) atoms. The Hall–Kier alpha value is -0.220. The zero-order chi connectivity index (χ0) is 12.9. The van der Waals surface area contributed by atoms with Gasteiger partial charge in [0.2, 0.25) is 5.91 Å². The minimum absolute atomic E-state index is 0.172. The van der Waals surface area contributed by atoms with E-state index in [1.165, 1.54) is 12.8 Å². The molecule has 0 aromatic rings. The number of carbonyl (C=O) groups is 1. The Morgan fingerprint density at radius 2 is 1.94 bits per heavy atom. The normalized spacial score (nSPS) is 18.1. The summed E-state index contributed by atoms with van der Waals surface area (Å²) in [5.41, 5.74) is 0. The van der Waals surface area contributed by atoms with E-state index in [0.29, 0.717) is 11.7 Å². The van der Waals surface area contributed by atoms with Crippen molar-refractivity contribution in [1.82, 2.24) is 10.2 Å². The van der Waals surface area contributed by atoms with Gasteiger partial charge >= 0.3 is 0 Å². The van der Waals surface area contributed by atoms with Crippen LogP contribution < -0.4 is 5.32 Å². The summed E-state index contributed by atoms with van der Waals surface area (Å²) in [6, 6.07) is 0. The van der Waals surface area contributed by atoms with Gasteiger partial charge in [0.25, 0.3) is 0 Å². The van der Waals surface area contributed by atoms with Gasteiger partial charge in [-0.15, -0.1) is 11.8 Å². The van der Waals surface area contributed by atoms with Crippen LogP contribution in [0.2, 0.25) is 0 Å². The van der Waals surface area contributed by atoms with Crippen LogP contribution in [0.1, 0.15) is 33.6 Å². The predicted octanol–water partition coefficient (Wildman–Crippen LogP) is 1.98. The van der Waals surface area contributed by atoms with Gasteiger partial charge in [0.1, 0.15) is 0 Å². The van der Waals surface area contributed by atoms with Crippen LogP contribution in [0.5, 0.6) is 0 Å². The molecule has 1 aliphatic rings. The van der Waals surface area contributed by atoms with E-state index in [-0.39, 0.29) is 10.7 Å². The van der Waals surface area contributed by atoms with Crippen molar-refractivity contribution in [2.45, 2.75) is 38.4 Å². The van der Waals surface area contributed by atoms with E-state index < -0.39 is 0 Å². The zero-order valence-corrected chi connectivity index (χ0v) is 12.4. The van der Waals surface area contributed by atoms with Crippen molar-refractivity contribution in [3.8, 4) is 0 Å². The lowest BCUT2D eigenvalue weighted by atomic mass is 9.98. The molecular formula is C13H26N2OS. The van der Waals surface area contributed by atoms with E-state index in [0.717, 1.165) is 19.6 Å². The first-order chi connectivity index (χ1) is 7.88. The lowest BCUT2D eigenvalue weighted by molar-refractivity contribution is -0.127. The maximum absolute atomic E-state index is 12.0. The Bertz CT molecular complexity index is 244. The van der Waals surface area contributed by atoms with Gasteiger partial charge < -0.3 is 10.2 Å². The van der Waals surface area contributed by atoms with E-state index in [1.807, 2.05) is 11.9 Å². The number of amides is 1. The van der Waals surface area contributed by atoms with Gasteiger partial charge in [-0.3, -0.25) is 4.79 Å². The van der Waals surface area contributed by atoms with Gasteiger partial charge in [-0.25, -0.2) is 0 Å². The molecule has 0 spiro atoms. The maximum Gasteiger partial charge on any atom is 0.232 e. The predicted molar refractivity (Wildman–Crippen MR) is 75.4 cm³/mol. The van der Waals surface area contributed by atoms with Crippen molar-refractivity contribution in [3.05, 3.63) is 0 Å². The van der Waals surface area contributed by atoms with Crippen LogP contribution in [0.4, 0.5) is 0 Å². The summed E-state index contributed by atoms with van der Waals surface area (Å²) in [6.07, 6.45) is 2.40. The Morgan fingerprint density at radius 3 is 2.47 bits per heavy atom. The first kappa shape index (κ1) is 14.8. The summed E-state index contributed by atoms with van der Waals surface area (Å²) in [6.45, 7) is 9.57. The minimum Gasteiger partial charge on any atom is -0.345 e. The molecule has 0 bridgehead atoms. The van der Waals surface area contributed by atoms with Crippen molar-refractivity contribution in [1.29, 1.82) is 0 Å². The first-order valence-electron chi connectivity index (χ1n) is 6.47. The largest absolute Gasteiger partial charge is 0.345 e. The molecule has 0 unspecified atom stereocenters. The molecule has 0 aromatic heterocycles. The first-order valence-corrected chi connectivity index (χ1v) is 7.45. The van der Waals surface area contributed by atoms with Gasteiger partial charge in [0.05, 0.1) is 5.75 Å². The van der Waals surface area contributed by atoms with Crippen LogP contribution in [0.3, 0.4) is 0 Å². The van der Waals surface area contributed by atoms with Crippen molar-refractivity contribution < 1.29 is 4.79 Å². The average molecular weight is 258 g/mol. The average Bonchev–Trinajstić information content (AvgIpc) is 2.26. The molecule has 1 amide bonds. The summed E-state index contributed by atoms with van der Waals surface area (Å²) < 4.78 is 0.172. The van der Waals surface area contributed by atoms with Gasteiger partial charge in [-0.1, -0.05) is 20.8 Å². The Balaban J connectivity index is 2.26. The van der Waals surface area contributed by atoms with E-state index >= 15 is 0 Å². The third kappa shape index (κ3) is 6.32. The topological polar surface area (TPSA) is 32.3 Å². The molecule has 1 saturated heterocycles. The molecule has 0 aliphatic carbocycles. The highest BCUT2D eigenvalue weighted by Gasteiger charge is 2.19. The van der Waals surface area contributed by atoms with Gasteiger partial charge in [0, 0.05) is 18.3 Å². The molecule has 100 valence electrons. The van der Waals surface area contributed by atoms with Gasteiger partial charge in [0.15, 0.2) is 0 Å². The minimum atomic E-state index is 0.172. The third-order valence-electron chi connectivity index (χ3n) is 3.05. The van der Waals surface area contributed by atoms with E-state index in [2.05, 4.69) is 26.1 Å². The number of piperidine rings is 1. The fourth-order valence-electron chi connectivity index (χ4n) is 1.94. The van der Waals surface area contributed by atoms with Crippen LogP contribution in [-0.2, 0) is 4.79 Å². The highest BCUT2D eigenvalue weighted by Crippen LogP contribution is 2.23. The second-order valence-electron chi connectivity index (χ2n) is 5.87. The quantitative estimate of drug-likeness (QED) is 0.837. The number of thioether (sulfide) groups is 1. The molecule has 4 heteroatoms. The van der Waals surface area contributed by atoms with Crippen LogP contribution in [0.15, 0.2) is 0 Å². The van der Waals surface area contributed by atoms with Gasteiger partial charge in [-0.05, 0) is 31.8 Å². The van der Waals surface area contributed by atoms with Crippen molar-refractivity contribution in [3.63, 3.8) is 0 Å². The number of hydrogen-bond donors (Lipinski definition) is 1. The standard InChI is InChI=1S/C13H26N2OS/c1-13(2,3)17-10-12(16)15(4)9-11-5-7-14-8-6-11/h11,14H,5-10H2,1-4H3. The summed E-state index contributed by atoms with van der Waals surface area (Å²) in [5, 5.41) is 3.35. The van der Waals surface area contributed by atoms with E-state index in [9.17, 15) is 4.79 Å². The summed E-state index contributed by atoms with van der Waals surface area (Å²) in [5.74, 6) is 1.55. The van der Waals surface area contributed by atoms with Crippen LogP contribution in [-0.4, -0.2) is 48.0 Å². The molecule has 1 aliphatic heterocycles. The van der Waals surface area contributed by atoms with Crippen molar-refractivity contribution in [2.24, 2.45) is 5.92 Å². The Labute approximate surface area is 110 Å². The molecule has 1 fully saturated rings. The van der Waals surface area contributed by atoms with Crippen LogP contribution in [0.25, 0.3) is 0 Å². The highest BCUT2D eigenvalue weighted by molar-refractivity contribution is 8.01. The zero-order valence-electron chi connectivity index (χ0n) is 11.6. The lowest BCUT2D eigenvalue weighted by Gasteiger charge is -2.28. The Kier molecular flexibility index (Phi) is 5.80. The molecule has 0 saturated carbocycles. The van der Waals surface area contributed by atoms with Gasteiger partial charge in [-0.2, -0.15) is 0 Å². The fraction of sp³-hybridized carbons (Fsp3) is 0.923. The van der Waals surface area contributed by atoms with Crippen LogP contribution >= 0.6 is 11.8 Å². The molecule has 0 radical (unpaired) electrons. The molecule has 1 heterocycles. The summed E-state index contributed by atoms with van der Waals surface area (Å²) in [7, 11) is 1.94. The molecule has 1 N–H and O–H groups in total. The number of nitrogens with one attached hydrogen (secondary N) is 1. The fourth-order valence-corrected chi connectivity index (χ4v) is 2.72. The number of hydrogen-bond acceptors (Lipinski definition) is 3. The SMILES string of the molecule is CN(CC1CCNCC1)C(=O)CSC(C)(C)C. The summed E-state index contributed by atoms with van der Waals surface area (Å²) >= 11 is 1.73. The number of rotatable bonds is 4. The number of nitrogens with zero attached hydrogens (tertiary/aromatic N) is 1. The molecular weight excluding hydrogens is 232 g/mol. The van der Waals surface area contributed by atoms with Crippen molar-refractivity contribution in [2.75, 3.05) is 32.4 Å². The monoisotopic (exact) mass is 258 g/mol. The van der Waals surface area contributed by atoms with Crippen LogP contribution in [0, 0.1) is 5.92 Å². The molecule has 1 rings (SSSR count).